The van der Waals surface area contributed by atoms with Crippen LogP contribution in [0.2, 0.25) is 5.02 Å². The number of rotatable bonds is 1. The van der Waals surface area contributed by atoms with Gasteiger partial charge in [0.2, 0.25) is 0 Å². The third kappa shape index (κ3) is 1.96. The molecular weight excluding hydrogens is 267 g/mol. The van der Waals surface area contributed by atoms with E-state index in [1.807, 2.05) is 0 Å². The number of ketones is 1. The van der Waals surface area contributed by atoms with Gasteiger partial charge in [-0.2, -0.15) is 5.10 Å². The smallest absolute Gasteiger partial charge is 0.166 e. The molecule has 0 spiro atoms. The Balaban J connectivity index is 2.25. The van der Waals surface area contributed by atoms with Gasteiger partial charge in [0.1, 0.15) is 5.82 Å². The number of aryl methyl sites for hydroxylation is 2. The Kier molecular flexibility index (Phi) is 2.90. The predicted molar refractivity (Wildman–Crippen MR) is 70.9 cm³/mol. The summed E-state index contributed by atoms with van der Waals surface area (Å²) in [4.78, 5) is 12.1. The number of carbonyl (C=O) groups is 1. The van der Waals surface area contributed by atoms with Crippen molar-refractivity contribution in [3.63, 3.8) is 0 Å². The molecule has 0 saturated carbocycles. The summed E-state index contributed by atoms with van der Waals surface area (Å²) in [7, 11) is 1.78. The molecule has 0 radical (unpaired) electrons. The zero-order valence-corrected chi connectivity index (χ0v) is 11.2. The fourth-order valence-corrected chi connectivity index (χ4v) is 2.84. The monoisotopic (exact) mass is 278 g/mol. The second kappa shape index (κ2) is 4.46. The van der Waals surface area contributed by atoms with Crippen LogP contribution >= 0.6 is 11.6 Å². The van der Waals surface area contributed by atoms with Gasteiger partial charge in [-0.05, 0) is 31.0 Å². The fourth-order valence-electron chi connectivity index (χ4n) is 2.58. The third-order valence-electron chi connectivity index (χ3n) is 3.40. The van der Waals surface area contributed by atoms with Crippen molar-refractivity contribution in [2.45, 2.75) is 19.3 Å². The molecule has 1 aliphatic rings. The lowest BCUT2D eigenvalue weighted by Gasteiger charge is -2.11. The average Bonchev–Trinajstić information content (AvgIpc) is 2.67. The van der Waals surface area contributed by atoms with Gasteiger partial charge in [0.25, 0.3) is 0 Å². The van der Waals surface area contributed by atoms with Crippen molar-refractivity contribution in [1.82, 2.24) is 9.78 Å². The van der Waals surface area contributed by atoms with Crippen molar-refractivity contribution in [2.75, 3.05) is 0 Å². The number of hydrogen-bond acceptors (Lipinski definition) is 2. The normalized spacial score (nSPS) is 14.6. The van der Waals surface area contributed by atoms with Gasteiger partial charge in [-0.25, -0.2) is 4.39 Å². The summed E-state index contributed by atoms with van der Waals surface area (Å²) in [5, 5.41) is 4.68. The highest BCUT2D eigenvalue weighted by Crippen LogP contribution is 2.35. The molecule has 3 rings (SSSR count). The number of benzene rings is 1. The summed E-state index contributed by atoms with van der Waals surface area (Å²) >= 11 is 6.09. The van der Waals surface area contributed by atoms with E-state index in [0.29, 0.717) is 28.3 Å². The molecule has 0 fully saturated rings. The van der Waals surface area contributed by atoms with Crippen LogP contribution in [0.4, 0.5) is 4.39 Å². The molecule has 0 atom stereocenters. The molecule has 0 bridgehead atoms. The van der Waals surface area contributed by atoms with Crippen LogP contribution in [0.15, 0.2) is 18.2 Å². The number of Topliss-reactive ketones (excluding diaryl/α,β-unsaturated/α-hetero) is 1. The molecule has 5 heteroatoms. The molecule has 3 nitrogen and oxygen atoms in total. The van der Waals surface area contributed by atoms with Crippen molar-refractivity contribution in [3.05, 3.63) is 40.3 Å². The van der Waals surface area contributed by atoms with Gasteiger partial charge in [0, 0.05) is 19.0 Å². The lowest BCUT2D eigenvalue weighted by molar-refractivity contribution is 0.0973. The molecule has 19 heavy (non-hydrogen) atoms. The Hall–Kier alpha value is -1.68. The van der Waals surface area contributed by atoms with Crippen LogP contribution in [0, 0.1) is 5.82 Å². The lowest BCUT2D eigenvalue weighted by atomic mass is 9.92. The first kappa shape index (κ1) is 12.4. The molecule has 0 amide bonds. The van der Waals surface area contributed by atoms with Crippen molar-refractivity contribution in [2.24, 2.45) is 7.05 Å². The zero-order chi connectivity index (χ0) is 13.6. The minimum Gasteiger partial charge on any atom is -0.294 e. The van der Waals surface area contributed by atoms with Crippen molar-refractivity contribution >= 4 is 17.4 Å². The summed E-state index contributed by atoms with van der Waals surface area (Å²) in [5.74, 6) is -0.305. The quantitative estimate of drug-likeness (QED) is 0.801. The van der Waals surface area contributed by atoms with Crippen LogP contribution in [0.25, 0.3) is 11.3 Å². The lowest BCUT2D eigenvalue weighted by Crippen LogP contribution is -2.10. The zero-order valence-electron chi connectivity index (χ0n) is 10.4. The summed E-state index contributed by atoms with van der Waals surface area (Å²) in [6.45, 7) is 0. The minimum atomic E-state index is -0.392. The predicted octanol–water partition coefficient (Wildman–Crippen LogP) is 3.40. The summed E-state index contributed by atoms with van der Waals surface area (Å²) < 4.78 is 14.8. The largest absolute Gasteiger partial charge is 0.294 e. The molecule has 0 N–H and O–H groups in total. The van der Waals surface area contributed by atoms with Crippen molar-refractivity contribution < 1.29 is 9.18 Å². The molecule has 1 aliphatic carbocycles. The maximum absolute atomic E-state index is 13.1. The molecule has 0 unspecified atom stereocenters. The first-order chi connectivity index (χ1) is 9.08. The molecule has 0 aliphatic heterocycles. The highest BCUT2D eigenvalue weighted by Gasteiger charge is 2.27. The van der Waals surface area contributed by atoms with Crippen molar-refractivity contribution in [1.29, 1.82) is 0 Å². The summed E-state index contributed by atoms with van der Waals surface area (Å²) in [6.07, 6.45) is 2.16. The van der Waals surface area contributed by atoms with Crippen molar-refractivity contribution in [3.8, 4) is 11.3 Å². The number of fused-ring (bicyclic) bond motifs is 1. The first-order valence-corrected chi connectivity index (χ1v) is 6.50. The number of nitrogens with zero attached hydrogens (tertiary/aromatic N) is 2. The Bertz CT molecular complexity index is 678. The topological polar surface area (TPSA) is 34.9 Å². The van der Waals surface area contributed by atoms with Gasteiger partial charge in [0.15, 0.2) is 5.78 Å². The Morgan fingerprint density at radius 2 is 2.16 bits per heavy atom. The average molecular weight is 279 g/mol. The van der Waals surface area contributed by atoms with E-state index in [1.54, 1.807) is 17.8 Å². The molecule has 0 saturated heterocycles. The Morgan fingerprint density at radius 1 is 1.37 bits per heavy atom. The SMILES string of the molecule is Cn1nc2c(c1-c1ccc(F)cc1Cl)C(=O)CCC2. The number of halogens is 2. The second-order valence-corrected chi connectivity index (χ2v) is 5.10. The highest BCUT2D eigenvalue weighted by atomic mass is 35.5. The van der Waals surface area contributed by atoms with E-state index in [-0.39, 0.29) is 5.78 Å². The minimum absolute atomic E-state index is 0.0877. The molecular formula is C14H12ClFN2O. The Morgan fingerprint density at radius 3 is 2.89 bits per heavy atom. The highest BCUT2D eigenvalue weighted by molar-refractivity contribution is 6.33. The number of hydrogen-bond donors (Lipinski definition) is 0. The van der Waals surface area contributed by atoms with Gasteiger partial charge in [0.05, 0.1) is 22.0 Å². The van der Waals surface area contributed by atoms with E-state index in [1.165, 1.54) is 12.1 Å². The van der Waals surface area contributed by atoms with Gasteiger partial charge >= 0.3 is 0 Å². The van der Waals surface area contributed by atoms with Gasteiger partial charge in [-0.1, -0.05) is 11.6 Å². The van der Waals surface area contributed by atoms with E-state index in [0.717, 1.165) is 18.5 Å². The maximum Gasteiger partial charge on any atom is 0.166 e. The number of carbonyl (C=O) groups excluding carboxylic acids is 1. The standard InChI is InChI=1S/C14H12ClFN2O/c1-18-14(9-6-5-8(16)7-10(9)15)13-11(17-18)3-2-4-12(13)19/h5-7H,2-4H2,1H3. The summed E-state index contributed by atoms with van der Waals surface area (Å²) in [6, 6.07) is 4.19. The molecule has 2 aromatic rings. The fraction of sp³-hybridized carbons (Fsp3) is 0.286. The summed E-state index contributed by atoms with van der Waals surface area (Å²) in [5.41, 5.74) is 2.79. The van der Waals surface area contributed by atoms with E-state index in [2.05, 4.69) is 5.10 Å². The Labute approximate surface area is 115 Å². The van der Waals surface area contributed by atoms with Crippen LogP contribution in [-0.2, 0) is 13.5 Å². The van der Waals surface area contributed by atoms with E-state index < -0.39 is 5.82 Å². The van der Waals surface area contributed by atoms with E-state index >= 15 is 0 Å². The molecule has 98 valence electrons. The van der Waals surface area contributed by atoms with Crippen LogP contribution in [0.5, 0.6) is 0 Å². The maximum atomic E-state index is 13.1. The van der Waals surface area contributed by atoms with Crippen LogP contribution in [0.1, 0.15) is 28.9 Å². The van der Waals surface area contributed by atoms with Crippen LogP contribution in [-0.4, -0.2) is 15.6 Å². The first-order valence-electron chi connectivity index (χ1n) is 6.12. The number of aromatic nitrogens is 2. The van der Waals surface area contributed by atoms with E-state index in [9.17, 15) is 9.18 Å². The van der Waals surface area contributed by atoms with E-state index in [4.69, 9.17) is 11.6 Å². The molecule has 1 aromatic carbocycles. The van der Waals surface area contributed by atoms with Crippen LogP contribution < -0.4 is 0 Å². The molecule has 1 heterocycles. The molecule has 1 aromatic heterocycles. The third-order valence-corrected chi connectivity index (χ3v) is 3.71. The van der Waals surface area contributed by atoms with Gasteiger partial charge in [-0.3, -0.25) is 9.48 Å². The van der Waals surface area contributed by atoms with Crippen LogP contribution in [0.3, 0.4) is 0 Å². The van der Waals surface area contributed by atoms with Gasteiger partial charge < -0.3 is 0 Å². The second-order valence-electron chi connectivity index (χ2n) is 4.69. The van der Waals surface area contributed by atoms with Gasteiger partial charge in [-0.15, -0.1) is 0 Å².